The first kappa shape index (κ1) is 21.9. The van der Waals surface area contributed by atoms with Crippen LogP contribution in [0, 0.1) is 5.92 Å². The highest BCUT2D eigenvalue weighted by Gasteiger charge is 2.42. The molecule has 0 saturated carbocycles. The number of primary sulfonamides is 1. The molecule has 1 atom stereocenters. The summed E-state index contributed by atoms with van der Waals surface area (Å²) in [6.07, 6.45) is 0.451. The Morgan fingerprint density at radius 1 is 1.20 bits per heavy atom. The molecule has 1 fully saturated rings. The molecule has 2 aromatic carbocycles. The quantitative estimate of drug-likeness (QED) is 0.659. The first-order valence-corrected chi connectivity index (χ1v) is 12.2. The van der Waals surface area contributed by atoms with Gasteiger partial charge in [0.2, 0.25) is 26.0 Å². The normalized spacial score (nSPS) is 18.4. The standard InChI is InChI=1S/C19H21N3O6S2/c1-13-12-29(25,26)22(19(13)24)16-4-2-3-15(11-16)18(23)21-10-9-14-5-7-17(8-6-14)30(20,27)28/h2-8,11,13H,9-10,12H2,1H3,(H,21,23)(H2,20,27,28). The average Bonchev–Trinajstić information content (AvgIpc) is 2.88. The van der Waals surface area contributed by atoms with Gasteiger partial charge in [0, 0.05) is 12.1 Å². The van der Waals surface area contributed by atoms with E-state index in [1.54, 1.807) is 19.1 Å². The summed E-state index contributed by atoms with van der Waals surface area (Å²) >= 11 is 0. The first-order valence-electron chi connectivity index (χ1n) is 9.06. The van der Waals surface area contributed by atoms with Gasteiger partial charge in [-0.1, -0.05) is 25.1 Å². The summed E-state index contributed by atoms with van der Waals surface area (Å²) < 4.78 is 47.8. The zero-order valence-electron chi connectivity index (χ0n) is 16.1. The molecule has 1 unspecified atom stereocenters. The molecule has 3 N–H and O–H groups in total. The number of anilines is 1. The van der Waals surface area contributed by atoms with Crippen LogP contribution in [0.15, 0.2) is 53.4 Å². The third-order valence-electron chi connectivity index (χ3n) is 4.65. The van der Waals surface area contributed by atoms with Crippen LogP contribution in [0.5, 0.6) is 0 Å². The molecule has 0 spiro atoms. The Hall–Kier alpha value is -2.76. The van der Waals surface area contributed by atoms with E-state index in [1.165, 1.54) is 36.4 Å². The lowest BCUT2D eigenvalue weighted by molar-refractivity contribution is -0.119. The molecule has 1 heterocycles. The maximum Gasteiger partial charge on any atom is 0.251 e. The highest BCUT2D eigenvalue weighted by molar-refractivity contribution is 7.94. The number of nitrogens with one attached hydrogen (secondary N) is 1. The Kier molecular flexibility index (Phi) is 5.97. The fourth-order valence-corrected chi connectivity index (χ4v) is 5.46. The van der Waals surface area contributed by atoms with Crippen molar-refractivity contribution in [1.29, 1.82) is 0 Å². The lowest BCUT2D eigenvalue weighted by Crippen LogP contribution is -2.31. The monoisotopic (exact) mass is 451 g/mol. The Labute approximate surface area is 175 Å². The van der Waals surface area contributed by atoms with Crippen LogP contribution in [0.2, 0.25) is 0 Å². The summed E-state index contributed by atoms with van der Waals surface area (Å²) in [4.78, 5) is 24.7. The van der Waals surface area contributed by atoms with Gasteiger partial charge in [0.05, 0.1) is 22.3 Å². The molecule has 1 saturated heterocycles. The van der Waals surface area contributed by atoms with Gasteiger partial charge in [-0.25, -0.2) is 26.3 Å². The minimum Gasteiger partial charge on any atom is -0.352 e. The number of hydrogen-bond acceptors (Lipinski definition) is 6. The van der Waals surface area contributed by atoms with Crippen molar-refractivity contribution in [1.82, 2.24) is 5.32 Å². The van der Waals surface area contributed by atoms with E-state index >= 15 is 0 Å². The minimum absolute atomic E-state index is 0.00725. The van der Waals surface area contributed by atoms with Crippen molar-refractivity contribution in [3.63, 3.8) is 0 Å². The molecular weight excluding hydrogens is 430 g/mol. The van der Waals surface area contributed by atoms with Crippen LogP contribution in [0.1, 0.15) is 22.8 Å². The van der Waals surface area contributed by atoms with E-state index in [0.717, 1.165) is 9.87 Å². The highest BCUT2D eigenvalue weighted by Crippen LogP contribution is 2.28. The molecule has 1 aliphatic heterocycles. The predicted molar refractivity (Wildman–Crippen MR) is 111 cm³/mol. The zero-order chi connectivity index (χ0) is 22.1. The number of benzene rings is 2. The second kappa shape index (κ2) is 8.17. The summed E-state index contributed by atoms with van der Waals surface area (Å²) in [7, 11) is -7.50. The number of rotatable bonds is 6. The molecule has 2 aromatic rings. The van der Waals surface area contributed by atoms with E-state index < -0.39 is 37.8 Å². The second-order valence-corrected chi connectivity index (χ2v) is 10.5. The molecule has 2 amide bonds. The number of carbonyl (C=O) groups excluding carboxylic acids is 2. The smallest absolute Gasteiger partial charge is 0.251 e. The minimum atomic E-state index is -3.76. The third-order valence-corrected chi connectivity index (χ3v) is 7.45. The molecule has 30 heavy (non-hydrogen) atoms. The van der Waals surface area contributed by atoms with Crippen molar-refractivity contribution in [2.24, 2.45) is 11.1 Å². The first-order chi connectivity index (χ1) is 14.0. The second-order valence-electron chi connectivity index (χ2n) is 7.03. The lowest BCUT2D eigenvalue weighted by Gasteiger charge is -2.16. The SMILES string of the molecule is CC1CS(=O)(=O)N(c2cccc(C(=O)NCCc3ccc(S(N)(=O)=O)cc3)c2)C1=O. The Balaban J connectivity index is 1.65. The Morgan fingerprint density at radius 2 is 1.87 bits per heavy atom. The van der Waals surface area contributed by atoms with Gasteiger partial charge in [0.25, 0.3) is 5.91 Å². The number of sulfonamides is 2. The average molecular weight is 452 g/mol. The maximum absolute atomic E-state index is 12.4. The molecule has 0 bridgehead atoms. The van der Waals surface area contributed by atoms with Crippen molar-refractivity contribution < 1.29 is 26.4 Å². The maximum atomic E-state index is 12.4. The Morgan fingerprint density at radius 3 is 2.43 bits per heavy atom. The fourth-order valence-electron chi connectivity index (χ4n) is 3.13. The third kappa shape index (κ3) is 4.69. The van der Waals surface area contributed by atoms with Gasteiger partial charge in [0.15, 0.2) is 0 Å². The number of carbonyl (C=O) groups is 2. The van der Waals surface area contributed by atoms with Gasteiger partial charge in [-0.05, 0) is 42.3 Å². The van der Waals surface area contributed by atoms with E-state index in [1.807, 2.05) is 0 Å². The summed E-state index contributed by atoms with van der Waals surface area (Å²) in [6, 6.07) is 11.9. The van der Waals surface area contributed by atoms with Crippen LogP contribution in [0.25, 0.3) is 0 Å². The van der Waals surface area contributed by atoms with E-state index in [2.05, 4.69) is 5.32 Å². The van der Waals surface area contributed by atoms with Crippen molar-refractivity contribution >= 4 is 37.5 Å². The van der Waals surface area contributed by atoms with Gasteiger partial charge < -0.3 is 5.32 Å². The number of nitrogens with zero attached hydrogens (tertiary/aromatic N) is 1. The number of amides is 2. The Bertz CT molecular complexity index is 1190. The summed E-state index contributed by atoms with van der Waals surface area (Å²) in [5.74, 6) is -1.83. The van der Waals surface area contributed by atoms with Crippen molar-refractivity contribution in [2.75, 3.05) is 16.6 Å². The molecule has 9 nitrogen and oxygen atoms in total. The molecule has 160 valence electrons. The largest absolute Gasteiger partial charge is 0.352 e. The van der Waals surface area contributed by atoms with E-state index in [0.29, 0.717) is 6.42 Å². The van der Waals surface area contributed by atoms with E-state index in [4.69, 9.17) is 5.14 Å². The van der Waals surface area contributed by atoms with Gasteiger partial charge in [-0.15, -0.1) is 0 Å². The highest BCUT2D eigenvalue weighted by atomic mass is 32.2. The molecular formula is C19H21N3O6S2. The van der Waals surface area contributed by atoms with Crippen molar-refractivity contribution in [2.45, 2.75) is 18.2 Å². The van der Waals surface area contributed by atoms with Crippen LogP contribution in [-0.4, -0.2) is 40.9 Å². The molecule has 0 radical (unpaired) electrons. The van der Waals surface area contributed by atoms with Crippen LogP contribution in [0.3, 0.4) is 0 Å². The number of hydrogen-bond donors (Lipinski definition) is 2. The molecule has 1 aliphatic rings. The van der Waals surface area contributed by atoms with Gasteiger partial charge in [-0.3, -0.25) is 9.59 Å². The molecule has 0 aliphatic carbocycles. The van der Waals surface area contributed by atoms with Crippen LogP contribution < -0.4 is 14.8 Å². The molecule has 3 rings (SSSR count). The van der Waals surface area contributed by atoms with Gasteiger partial charge in [0.1, 0.15) is 0 Å². The summed E-state index contributed by atoms with van der Waals surface area (Å²) in [5.41, 5.74) is 1.16. The topological polar surface area (TPSA) is 144 Å². The molecule has 0 aromatic heterocycles. The van der Waals surface area contributed by atoms with Crippen LogP contribution in [-0.2, 0) is 31.3 Å². The zero-order valence-corrected chi connectivity index (χ0v) is 17.7. The van der Waals surface area contributed by atoms with Crippen LogP contribution in [0.4, 0.5) is 5.69 Å². The van der Waals surface area contributed by atoms with Gasteiger partial charge in [-0.2, -0.15) is 0 Å². The predicted octanol–water partition coefficient (Wildman–Crippen LogP) is 0.619. The van der Waals surface area contributed by atoms with Gasteiger partial charge >= 0.3 is 0 Å². The summed E-state index contributed by atoms with van der Waals surface area (Å²) in [6.45, 7) is 1.82. The summed E-state index contributed by atoms with van der Waals surface area (Å²) in [5, 5.41) is 7.77. The number of nitrogens with two attached hydrogens (primary N) is 1. The van der Waals surface area contributed by atoms with Crippen molar-refractivity contribution in [3.05, 3.63) is 59.7 Å². The fraction of sp³-hybridized carbons (Fsp3) is 0.263. The lowest BCUT2D eigenvalue weighted by atomic mass is 10.1. The van der Waals surface area contributed by atoms with Crippen LogP contribution >= 0.6 is 0 Å². The molecule has 11 heteroatoms. The van der Waals surface area contributed by atoms with Crippen molar-refractivity contribution in [3.8, 4) is 0 Å². The van der Waals surface area contributed by atoms with E-state index in [-0.39, 0.29) is 28.4 Å². The van der Waals surface area contributed by atoms with E-state index in [9.17, 15) is 26.4 Å².